The fourth-order valence-electron chi connectivity index (χ4n) is 9.24. The Hall–Kier alpha value is -7.46. The van der Waals surface area contributed by atoms with Crippen molar-refractivity contribution in [2.45, 2.75) is 0 Å². The van der Waals surface area contributed by atoms with Gasteiger partial charge in [0, 0.05) is 43.3 Å². The standard InChI is InChI=1S/C56H36N2S/c1-2-14-38(15-3-1)50-36-44(32-33-45(50)41-26-25-37-13-4-5-17-40(37)35-41)57(53-23-12-21-48-47-19-9-11-24-54(47)59-56(48)53)42-28-30-43(31-29-42)58-51-22-10-8-20-49(51)55-46-18-7-6-16-39(46)27-34-52(55)58/h1-36H. The van der Waals surface area contributed by atoms with Gasteiger partial charge in [0.15, 0.2) is 0 Å². The third-order valence-corrected chi connectivity index (χ3v) is 13.2. The van der Waals surface area contributed by atoms with E-state index < -0.39 is 0 Å². The van der Waals surface area contributed by atoms with Gasteiger partial charge in [-0.3, -0.25) is 0 Å². The van der Waals surface area contributed by atoms with Gasteiger partial charge >= 0.3 is 0 Å². The van der Waals surface area contributed by atoms with Crippen LogP contribution in [0.4, 0.5) is 17.1 Å². The summed E-state index contributed by atoms with van der Waals surface area (Å²) in [7, 11) is 0. The molecule has 2 heterocycles. The topological polar surface area (TPSA) is 8.17 Å². The maximum atomic E-state index is 2.46. The van der Waals surface area contributed by atoms with Crippen LogP contribution in [0.15, 0.2) is 218 Å². The zero-order chi connectivity index (χ0) is 38.9. The number of hydrogen-bond acceptors (Lipinski definition) is 2. The van der Waals surface area contributed by atoms with Crippen LogP contribution in [0.2, 0.25) is 0 Å². The molecule has 0 atom stereocenters. The van der Waals surface area contributed by atoms with Crippen molar-refractivity contribution in [3.8, 4) is 27.9 Å². The lowest BCUT2D eigenvalue weighted by Gasteiger charge is -2.27. The van der Waals surface area contributed by atoms with Gasteiger partial charge in [-0.15, -0.1) is 11.3 Å². The van der Waals surface area contributed by atoms with E-state index in [0.717, 1.165) is 22.7 Å². The minimum absolute atomic E-state index is 1.10. The van der Waals surface area contributed by atoms with Crippen molar-refractivity contribution in [2.24, 2.45) is 0 Å². The fraction of sp³-hybridized carbons (Fsp3) is 0. The van der Waals surface area contributed by atoms with Crippen molar-refractivity contribution in [1.82, 2.24) is 4.57 Å². The zero-order valence-corrected chi connectivity index (χ0v) is 32.9. The highest BCUT2D eigenvalue weighted by Crippen LogP contribution is 2.47. The van der Waals surface area contributed by atoms with Crippen LogP contribution in [0.5, 0.6) is 0 Å². The molecule has 276 valence electrons. The first-order valence-corrected chi connectivity index (χ1v) is 21.0. The average molecular weight is 769 g/mol. The summed E-state index contributed by atoms with van der Waals surface area (Å²) in [6.07, 6.45) is 0. The molecule has 12 rings (SSSR count). The second-order valence-electron chi connectivity index (χ2n) is 15.3. The number of rotatable bonds is 6. The Balaban J connectivity index is 1.07. The molecule has 0 bridgehead atoms. The Labute approximate surface area is 346 Å². The van der Waals surface area contributed by atoms with Crippen LogP contribution in [0.3, 0.4) is 0 Å². The number of thiophene rings is 1. The van der Waals surface area contributed by atoms with E-state index in [9.17, 15) is 0 Å². The van der Waals surface area contributed by atoms with Crippen molar-refractivity contribution < 1.29 is 0 Å². The molecule has 0 radical (unpaired) electrons. The Morgan fingerprint density at radius 2 is 1.05 bits per heavy atom. The van der Waals surface area contributed by atoms with Crippen LogP contribution in [0.1, 0.15) is 0 Å². The smallest absolute Gasteiger partial charge is 0.0640 e. The van der Waals surface area contributed by atoms with Gasteiger partial charge in [0.05, 0.1) is 21.4 Å². The molecule has 59 heavy (non-hydrogen) atoms. The molecular formula is C56H36N2S. The number of anilines is 3. The Bertz CT molecular complexity index is 3560. The van der Waals surface area contributed by atoms with Crippen LogP contribution in [-0.2, 0) is 0 Å². The molecule has 0 aliphatic carbocycles. The lowest BCUT2D eigenvalue weighted by molar-refractivity contribution is 1.17. The fourth-order valence-corrected chi connectivity index (χ4v) is 10.4. The van der Waals surface area contributed by atoms with Gasteiger partial charge in [-0.1, -0.05) is 152 Å². The van der Waals surface area contributed by atoms with E-state index in [0.29, 0.717) is 0 Å². The summed E-state index contributed by atoms with van der Waals surface area (Å²) in [5.41, 5.74) is 11.7. The zero-order valence-electron chi connectivity index (χ0n) is 32.1. The van der Waals surface area contributed by atoms with E-state index in [1.807, 2.05) is 11.3 Å². The number of aromatic nitrogens is 1. The first-order valence-electron chi connectivity index (χ1n) is 20.2. The molecule has 0 saturated carbocycles. The predicted octanol–water partition coefficient (Wildman–Crippen LogP) is 16.3. The van der Waals surface area contributed by atoms with E-state index in [-0.39, 0.29) is 0 Å². The van der Waals surface area contributed by atoms with Gasteiger partial charge in [0.2, 0.25) is 0 Å². The van der Waals surface area contributed by atoms with Gasteiger partial charge in [-0.2, -0.15) is 0 Å². The lowest BCUT2D eigenvalue weighted by Crippen LogP contribution is -2.10. The Kier molecular flexibility index (Phi) is 7.75. The minimum atomic E-state index is 1.10. The van der Waals surface area contributed by atoms with Crippen molar-refractivity contribution in [2.75, 3.05) is 4.90 Å². The number of benzene rings is 10. The second kappa shape index (κ2) is 13.6. The van der Waals surface area contributed by atoms with Crippen molar-refractivity contribution in [3.63, 3.8) is 0 Å². The molecular weight excluding hydrogens is 733 g/mol. The molecule has 0 unspecified atom stereocenters. The molecule has 0 aliphatic heterocycles. The van der Waals surface area contributed by atoms with Crippen LogP contribution >= 0.6 is 11.3 Å². The van der Waals surface area contributed by atoms with E-state index in [2.05, 4.69) is 228 Å². The largest absolute Gasteiger partial charge is 0.309 e. The van der Waals surface area contributed by atoms with Gasteiger partial charge in [0.25, 0.3) is 0 Å². The molecule has 0 saturated heterocycles. The Morgan fingerprint density at radius 1 is 0.373 bits per heavy atom. The molecule has 12 aromatic rings. The van der Waals surface area contributed by atoms with Gasteiger partial charge in [0.1, 0.15) is 0 Å². The lowest BCUT2D eigenvalue weighted by atomic mass is 9.92. The number of nitrogens with zero attached hydrogens (tertiary/aromatic N) is 2. The van der Waals surface area contributed by atoms with Crippen molar-refractivity contribution >= 4 is 91.9 Å². The number of hydrogen-bond donors (Lipinski definition) is 0. The van der Waals surface area contributed by atoms with Gasteiger partial charge in [-0.25, -0.2) is 0 Å². The highest BCUT2D eigenvalue weighted by molar-refractivity contribution is 7.26. The highest BCUT2D eigenvalue weighted by atomic mass is 32.1. The van der Waals surface area contributed by atoms with Crippen molar-refractivity contribution in [3.05, 3.63) is 218 Å². The molecule has 0 fully saturated rings. The second-order valence-corrected chi connectivity index (χ2v) is 16.3. The summed E-state index contributed by atoms with van der Waals surface area (Å²) in [6, 6.07) is 80.0. The minimum Gasteiger partial charge on any atom is -0.309 e. The summed E-state index contributed by atoms with van der Waals surface area (Å²) < 4.78 is 4.98. The van der Waals surface area contributed by atoms with Crippen LogP contribution in [0, 0.1) is 0 Å². The molecule has 2 aromatic heterocycles. The third kappa shape index (κ3) is 5.47. The number of para-hydroxylation sites is 1. The quantitative estimate of drug-likeness (QED) is 0.164. The predicted molar refractivity (Wildman–Crippen MR) is 254 cm³/mol. The molecule has 3 heteroatoms. The summed E-state index contributed by atoms with van der Waals surface area (Å²) in [6.45, 7) is 0. The summed E-state index contributed by atoms with van der Waals surface area (Å²) >= 11 is 1.87. The van der Waals surface area contributed by atoms with Crippen LogP contribution in [0.25, 0.3) is 91.5 Å². The summed E-state index contributed by atoms with van der Waals surface area (Å²) in [4.78, 5) is 2.46. The summed E-state index contributed by atoms with van der Waals surface area (Å²) in [5, 5.41) is 10.1. The first kappa shape index (κ1) is 33.7. The maximum absolute atomic E-state index is 2.46. The van der Waals surface area contributed by atoms with Crippen LogP contribution in [-0.4, -0.2) is 4.57 Å². The molecule has 0 aliphatic rings. The van der Waals surface area contributed by atoms with E-state index in [4.69, 9.17) is 0 Å². The number of fused-ring (bicyclic) bond motifs is 9. The molecule has 0 amide bonds. The third-order valence-electron chi connectivity index (χ3n) is 12.0. The van der Waals surface area contributed by atoms with Gasteiger partial charge in [-0.05, 0) is 111 Å². The summed E-state index contributed by atoms with van der Waals surface area (Å²) in [5.74, 6) is 0. The van der Waals surface area contributed by atoms with Gasteiger partial charge < -0.3 is 9.47 Å². The van der Waals surface area contributed by atoms with Crippen molar-refractivity contribution in [1.29, 1.82) is 0 Å². The normalized spacial score (nSPS) is 11.7. The molecule has 0 N–H and O–H groups in total. The van der Waals surface area contributed by atoms with E-state index in [1.54, 1.807) is 0 Å². The molecule has 2 nitrogen and oxygen atoms in total. The first-order chi connectivity index (χ1) is 29.3. The van der Waals surface area contributed by atoms with Crippen LogP contribution < -0.4 is 4.90 Å². The average Bonchev–Trinajstić information content (AvgIpc) is 3.86. The SMILES string of the molecule is c1ccc(-c2cc(N(c3ccc(-n4c5ccccc5c5c6ccccc6ccc54)cc3)c3cccc4c3sc3ccccc34)ccc2-c2ccc3ccccc3c2)cc1. The molecule has 0 spiro atoms. The Morgan fingerprint density at radius 3 is 1.92 bits per heavy atom. The maximum Gasteiger partial charge on any atom is 0.0640 e. The monoisotopic (exact) mass is 768 g/mol. The van der Waals surface area contributed by atoms with E-state index >= 15 is 0 Å². The highest BCUT2D eigenvalue weighted by Gasteiger charge is 2.21. The van der Waals surface area contributed by atoms with E-state index in [1.165, 1.54) is 85.8 Å². The molecule has 10 aromatic carbocycles.